The van der Waals surface area contributed by atoms with E-state index in [4.69, 9.17) is 17.4 Å². The summed E-state index contributed by atoms with van der Waals surface area (Å²) in [6, 6.07) is 14.3. The van der Waals surface area contributed by atoms with Gasteiger partial charge in [-0.1, -0.05) is 45.7 Å². The molecule has 0 aromatic heterocycles. The Morgan fingerprint density at radius 2 is 1.89 bits per heavy atom. The van der Waals surface area contributed by atoms with Crippen LogP contribution in [0.2, 0.25) is 5.02 Å². The molecule has 1 unspecified atom stereocenters. The molecule has 3 N–H and O–H groups in total. The Morgan fingerprint density at radius 3 is 2.47 bits per heavy atom. The maximum Gasteiger partial charge on any atom is 0.0542 e. The maximum atomic E-state index is 6.16. The lowest BCUT2D eigenvalue weighted by Gasteiger charge is -2.17. The van der Waals surface area contributed by atoms with Gasteiger partial charge in [0, 0.05) is 8.04 Å². The Morgan fingerprint density at radius 1 is 1.21 bits per heavy atom. The molecule has 1 atom stereocenters. The van der Waals surface area contributed by atoms with Crippen LogP contribution in [0.4, 0.5) is 0 Å². The number of nitrogens with two attached hydrogens (primary N) is 1. The fourth-order valence-electron chi connectivity index (χ4n) is 1.86. The van der Waals surface area contributed by atoms with E-state index in [0.29, 0.717) is 0 Å². The molecule has 100 valence electrons. The average Bonchev–Trinajstić information content (AvgIpc) is 2.41. The van der Waals surface area contributed by atoms with Crippen molar-refractivity contribution in [1.82, 2.24) is 5.43 Å². The summed E-state index contributed by atoms with van der Waals surface area (Å²) < 4.78 is 2.12. The van der Waals surface area contributed by atoms with Gasteiger partial charge in [0.25, 0.3) is 0 Å². The zero-order chi connectivity index (χ0) is 13.8. The number of nitrogens with one attached hydrogen (secondary N) is 1. The van der Waals surface area contributed by atoms with Gasteiger partial charge in [0.2, 0.25) is 0 Å². The molecule has 0 saturated heterocycles. The van der Waals surface area contributed by atoms with Gasteiger partial charge < -0.3 is 0 Å². The molecular formula is C14H13BrClIN2. The van der Waals surface area contributed by atoms with Crippen molar-refractivity contribution >= 4 is 50.1 Å². The molecule has 19 heavy (non-hydrogen) atoms. The van der Waals surface area contributed by atoms with Crippen LogP contribution in [0.5, 0.6) is 0 Å². The normalized spacial score (nSPS) is 12.4. The third kappa shape index (κ3) is 4.16. The third-order valence-corrected chi connectivity index (χ3v) is 5.00. The quantitative estimate of drug-likeness (QED) is 0.409. The Bertz CT molecular complexity index is 560. The van der Waals surface area contributed by atoms with Crippen molar-refractivity contribution in [2.45, 2.75) is 12.5 Å². The summed E-state index contributed by atoms with van der Waals surface area (Å²) in [4.78, 5) is 0. The Kier molecular flexibility index (Phi) is 5.65. The number of benzene rings is 2. The van der Waals surface area contributed by atoms with E-state index in [9.17, 15) is 0 Å². The highest BCUT2D eigenvalue weighted by Crippen LogP contribution is 2.25. The average molecular weight is 452 g/mol. The Balaban J connectivity index is 2.19. The summed E-state index contributed by atoms with van der Waals surface area (Å²) in [5.41, 5.74) is 5.17. The van der Waals surface area contributed by atoms with Crippen LogP contribution in [0.25, 0.3) is 0 Å². The molecule has 0 spiro atoms. The van der Waals surface area contributed by atoms with E-state index in [0.717, 1.165) is 25.0 Å². The molecule has 0 aliphatic rings. The van der Waals surface area contributed by atoms with E-state index < -0.39 is 0 Å². The van der Waals surface area contributed by atoms with E-state index in [1.54, 1.807) is 0 Å². The van der Waals surface area contributed by atoms with E-state index >= 15 is 0 Å². The Labute approximate surface area is 140 Å². The van der Waals surface area contributed by atoms with Crippen molar-refractivity contribution in [2.75, 3.05) is 0 Å². The fraction of sp³-hybridized carbons (Fsp3) is 0.143. The molecule has 0 aliphatic heterocycles. The Hall–Kier alpha value is -0.140. The third-order valence-electron chi connectivity index (χ3n) is 2.90. The monoisotopic (exact) mass is 450 g/mol. The summed E-state index contributed by atoms with van der Waals surface area (Å²) in [6.07, 6.45) is 0.820. The van der Waals surface area contributed by atoms with Gasteiger partial charge >= 0.3 is 0 Å². The zero-order valence-corrected chi connectivity index (χ0v) is 14.5. The molecule has 5 heteroatoms. The molecule has 2 rings (SSSR count). The second-order valence-electron chi connectivity index (χ2n) is 4.22. The highest BCUT2D eigenvalue weighted by Gasteiger charge is 2.12. The van der Waals surface area contributed by atoms with E-state index in [2.05, 4.69) is 62.1 Å². The van der Waals surface area contributed by atoms with Gasteiger partial charge in [-0.05, 0) is 64.4 Å². The van der Waals surface area contributed by atoms with Crippen LogP contribution in [-0.4, -0.2) is 0 Å². The molecule has 0 fully saturated rings. The number of hydrogen-bond donors (Lipinski definition) is 2. The number of halogens is 3. The molecule has 0 saturated carbocycles. The molecule has 2 aromatic rings. The minimum Gasteiger partial charge on any atom is -0.271 e. The van der Waals surface area contributed by atoms with Crippen LogP contribution in [0.3, 0.4) is 0 Å². The lowest BCUT2D eigenvalue weighted by molar-refractivity contribution is 0.552. The minimum atomic E-state index is 0.0516. The van der Waals surface area contributed by atoms with Crippen LogP contribution in [0.15, 0.2) is 46.9 Å². The minimum absolute atomic E-state index is 0.0516. The van der Waals surface area contributed by atoms with Gasteiger partial charge in [-0.15, -0.1) is 0 Å². The first kappa shape index (κ1) is 15.3. The second kappa shape index (κ2) is 7.04. The highest BCUT2D eigenvalue weighted by molar-refractivity contribution is 14.1. The van der Waals surface area contributed by atoms with Gasteiger partial charge in [0.1, 0.15) is 0 Å². The van der Waals surface area contributed by atoms with E-state index in [1.807, 2.05) is 24.3 Å². The van der Waals surface area contributed by atoms with Gasteiger partial charge in [-0.25, -0.2) is 0 Å². The van der Waals surface area contributed by atoms with Gasteiger partial charge in [0.15, 0.2) is 0 Å². The number of rotatable bonds is 4. The predicted octanol–water partition coefficient (Wildman–Crippen LogP) is 4.45. The largest absolute Gasteiger partial charge is 0.271 e. The molecular weight excluding hydrogens is 438 g/mol. The zero-order valence-electron chi connectivity index (χ0n) is 10.0. The van der Waals surface area contributed by atoms with Crippen LogP contribution in [0.1, 0.15) is 17.2 Å². The van der Waals surface area contributed by atoms with E-state index in [1.165, 1.54) is 5.56 Å². The molecule has 0 heterocycles. The molecule has 2 aromatic carbocycles. The SMILES string of the molecule is NNC(Cc1ccc(Br)cc1)c1ccc(I)c(Cl)c1. The predicted molar refractivity (Wildman–Crippen MR) is 92.1 cm³/mol. The van der Waals surface area contributed by atoms with Crippen LogP contribution in [-0.2, 0) is 6.42 Å². The van der Waals surface area contributed by atoms with Gasteiger partial charge in [-0.2, -0.15) is 0 Å². The van der Waals surface area contributed by atoms with Crippen LogP contribution < -0.4 is 11.3 Å². The standard InChI is InChI=1S/C14H13BrClIN2/c15-11-4-1-9(2-5-11)7-14(19-18)10-3-6-13(17)12(16)8-10/h1-6,8,14,19H,7,18H2. The van der Waals surface area contributed by atoms with Crippen molar-refractivity contribution in [3.05, 3.63) is 66.7 Å². The first-order valence-corrected chi connectivity index (χ1v) is 8.00. The smallest absolute Gasteiger partial charge is 0.0542 e. The summed E-state index contributed by atoms with van der Waals surface area (Å²) >= 11 is 11.8. The fourth-order valence-corrected chi connectivity index (χ4v) is 2.65. The highest BCUT2D eigenvalue weighted by atomic mass is 127. The van der Waals surface area contributed by atoms with Gasteiger partial charge in [-0.3, -0.25) is 11.3 Å². The topological polar surface area (TPSA) is 38.0 Å². The number of hydrogen-bond acceptors (Lipinski definition) is 2. The lowest BCUT2D eigenvalue weighted by atomic mass is 9.99. The van der Waals surface area contributed by atoms with Crippen molar-refractivity contribution in [1.29, 1.82) is 0 Å². The molecule has 0 bridgehead atoms. The molecule has 0 amide bonds. The van der Waals surface area contributed by atoms with Crippen molar-refractivity contribution < 1.29 is 0 Å². The van der Waals surface area contributed by atoms with Crippen LogP contribution >= 0.6 is 50.1 Å². The number of hydrazine groups is 1. The van der Waals surface area contributed by atoms with E-state index in [-0.39, 0.29) is 6.04 Å². The first-order chi connectivity index (χ1) is 9.10. The van der Waals surface area contributed by atoms with Crippen molar-refractivity contribution in [3.8, 4) is 0 Å². The van der Waals surface area contributed by atoms with Crippen molar-refractivity contribution in [3.63, 3.8) is 0 Å². The summed E-state index contributed by atoms with van der Waals surface area (Å²) in [5, 5.41) is 0.758. The molecule has 0 aliphatic carbocycles. The first-order valence-electron chi connectivity index (χ1n) is 5.75. The van der Waals surface area contributed by atoms with Crippen LogP contribution in [0, 0.1) is 3.57 Å². The second-order valence-corrected chi connectivity index (χ2v) is 6.71. The van der Waals surface area contributed by atoms with Crippen molar-refractivity contribution in [2.24, 2.45) is 5.84 Å². The summed E-state index contributed by atoms with van der Waals surface area (Å²) in [5.74, 6) is 5.67. The summed E-state index contributed by atoms with van der Waals surface area (Å²) in [7, 11) is 0. The van der Waals surface area contributed by atoms with Gasteiger partial charge in [0.05, 0.1) is 11.1 Å². The lowest BCUT2D eigenvalue weighted by Crippen LogP contribution is -2.29. The maximum absolute atomic E-state index is 6.16. The molecule has 0 radical (unpaired) electrons. The summed E-state index contributed by atoms with van der Waals surface area (Å²) in [6.45, 7) is 0. The molecule has 2 nitrogen and oxygen atoms in total.